The molecule has 0 bridgehead atoms. The standard InChI is InChI=1S/C19H17ClN4O3/c1-24(11-17(25)21-13-8-6-12(20)7-9-13)18(26)10-16-14-4-2-3-5-15(14)19(27)23-22-16/h2-9H,10-11H2,1H3,(H,21,25)(H,23,27). The average molecular weight is 385 g/mol. The molecule has 0 radical (unpaired) electrons. The third-order valence-electron chi connectivity index (χ3n) is 4.03. The van der Waals surface area contributed by atoms with Crippen LogP contribution in [0.5, 0.6) is 0 Å². The lowest BCUT2D eigenvalue weighted by Crippen LogP contribution is -2.36. The fourth-order valence-electron chi connectivity index (χ4n) is 2.62. The number of hydrogen-bond donors (Lipinski definition) is 2. The second kappa shape index (κ2) is 8.01. The van der Waals surface area contributed by atoms with Crippen molar-refractivity contribution >= 4 is 39.9 Å². The first kappa shape index (κ1) is 18.6. The zero-order valence-corrected chi connectivity index (χ0v) is 15.3. The zero-order valence-electron chi connectivity index (χ0n) is 14.5. The molecule has 0 aliphatic carbocycles. The Hall–Kier alpha value is -3.19. The van der Waals surface area contributed by atoms with Crippen LogP contribution in [0.25, 0.3) is 10.8 Å². The van der Waals surface area contributed by atoms with Gasteiger partial charge in [0.2, 0.25) is 11.8 Å². The van der Waals surface area contributed by atoms with Gasteiger partial charge in [0.25, 0.3) is 5.56 Å². The van der Waals surface area contributed by atoms with Crippen LogP contribution in [0.3, 0.4) is 0 Å². The molecule has 0 atom stereocenters. The van der Waals surface area contributed by atoms with Crippen molar-refractivity contribution in [1.82, 2.24) is 15.1 Å². The SMILES string of the molecule is CN(CC(=O)Nc1ccc(Cl)cc1)C(=O)Cc1n[nH]c(=O)c2ccccc12. The lowest BCUT2D eigenvalue weighted by Gasteiger charge is -2.17. The quantitative estimate of drug-likeness (QED) is 0.705. The van der Waals surface area contributed by atoms with Crippen molar-refractivity contribution in [2.45, 2.75) is 6.42 Å². The Morgan fingerprint density at radius 1 is 1.11 bits per heavy atom. The number of carbonyl (C=O) groups excluding carboxylic acids is 2. The van der Waals surface area contributed by atoms with Gasteiger partial charge < -0.3 is 10.2 Å². The molecular formula is C19H17ClN4O3. The van der Waals surface area contributed by atoms with Crippen LogP contribution in [-0.4, -0.2) is 40.5 Å². The van der Waals surface area contributed by atoms with E-state index in [0.29, 0.717) is 27.2 Å². The molecule has 0 unspecified atom stereocenters. The Morgan fingerprint density at radius 2 is 1.78 bits per heavy atom. The summed E-state index contributed by atoms with van der Waals surface area (Å²) in [6, 6.07) is 13.6. The van der Waals surface area contributed by atoms with Crippen LogP contribution in [-0.2, 0) is 16.0 Å². The minimum atomic E-state index is -0.326. The first-order valence-corrected chi connectivity index (χ1v) is 8.57. The van der Waals surface area contributed by atoms with Gasteiger partial charge in [0.05, 0.1) is 24.0 Å². The number of amides is 2. The molecule has 138 valence electrons. The van der Waals surface area contributed by atoms with Gasteiger partial charge >= 0.3 is 0 Å². The third kappa shape index (κ3) is 4.51. The summed E-state index contributed by atoms with van der Waals surface area (Å²) in [5.74, 6) is -0.613. The Labute approximate surface area is 160 Å². The molecule has 0 saturated carbocycles. The van der Waals surface area contributed by atoms with E-state index < -0.39 is 0 Å². The maximum atomic E-state index is 12.5. The lowest BCUT2D eigenvalue weighted by atomic mass is 10.1. The molecule has 0 aliphatic rings. The summed E-state index contributed by atoms with van der Waals surface area (Å²) >= 11 is 5.81. The van der Waals surface area contributed by atoms with Crippen molar-refractivity contribution in [3.63, 3.8) is 0 Å². The fourth-order valence-corrected chi connectivity index (χ4v) is 2.75. The van der Waals surface area contributed by atoms with E-state index in [0.717, 1.165) is 0 Å². The van der Waals surface area contributed by atoms with Gasteiger partial charge in [-0.25, -0.2) is 5.10 Å². The maximum absolute atomic E-state index is 12.5. The number of likely N-dealkylation sites (N-methyl/N-ethyl adjacent to an activating group) is 1. The van der Waals surface area contributed by atoms with Crippen molar-refractivity contribution in [3.05, 3.63) is 69.6 Å². The van der Waals surface area contributed by atoms with Crippen molar-refractivity contribution in [1.29, 1.82) is 0 Å². The predicted molar refractivity (Wildman–Crippen MR) is 104 cm³/mol. The highest BCUT2D eigenvalue weighted by molar-refractivity contribution is 6.30. The number of hydrogen-bond acceptors (Lipinski definition) is 4. The first-order chi connectivity index (χ1) is 12.9. The fraction of sp³-hybridized carbons (Fsp3) is 0.158. The number of fused-ring (bicyclic) bond motifs is 1. The number of nitrogens with zero attached hydrogens (tertiary/aromatic N) is 2. The molecule has 0 aliphatic heterocycles. The number of aromatic amines is 1. The molecule has 0 saturated heterocycles. The predicted octanol–water partition coefficient (Wildman–Crippen LogP) is 2.22. The zero-order chi connectivity index (χ0) is 19.4. The molecular weight excluding hydrogens is 368 g/mol. The van der Waals surface area contributed by atoms with E-state index >= 15 is 0 Å². The second-order valence-corrected chi connectivity index (χ2v) is 6.46. The molecule has 2 N–H and O–H groups in total. The van der Waals surface area contributed by atoms with E-state index in [9.17, 15) is 14.4 Å². The number of H-pyrrole nitrogens is 1. The Bertz CT molecular complexity index is 1050. The first-order valence-electron chi connectivity index (χ1n) is 8.19. The number of rotatable bonds is 5. The number of carbonyl (C=O) groups is 2. The summed E-state index contributed by atoms with van der Waals surface area (Å²) < 4.78 is 0. The normalized spacial score (nSPS) is 10.6. The summed E-state index contributed by atoms with van der Waals surface area (Å²) in [7, 11) is 1.54. The van der Waals surface area contributed by atoms with Crippen LogP contribution in [0.15, 0.2) is 53.3 Å². The van der Waals surface area contributed by atoms with Crippen molar-refractivity contribution in [2.75, 3.05) is 18.9 Å². The highest BCUT2D eigenvalue weighted by atomic mass is 35.5. The Kier molecular flexibility index (Phi) is 5.52. The van der Waals surface area contributed by atoms with Gasteiger partial charge in [-0.1, -0.05) is 29.8 Å². The largest absolute Gasteiger partial charge is 0.336 e. The van der Waals surface area contributed by atoms with Crippen LogP contribution in [0.1, 0.15) is 5.69 Å². The third-order valence-corrected chi connectivity index (χ3v) is 4.28. The monoisotopic (exact) mass is 384 g/mol. The van der Waals surface area contributed by atoms with E-state index in [4.69, 9.17) is 11.6 Å². The van der Waals surface area contributed by atoms with Gasteiger partial charge in [-0.15, -0.1) is 0 Å². The molecule has 7 nitrogen and oxygen atoms in total. The molecule has 0 fully saturated rings. The molecule has 1 heterocycles. The second-order valence-electron chi connectivity index (χ2n) is 6.03. The van der Waals surface area contributed by atoms with Crippen LogP contribution in [0.4, 0.5) is 5.69 Å². The Balaban J connectivity index is 1.66. The van der Waals surface area contributed by atoms with Crippen LogP contribution in [0.2, 0.25) is 5.02 Å². The molecule has 27 heavy (non-hydrogen) atoms. The number of anilines is 1. The number of halogens is 1. The van der Waals surface area contributed by atoms with Crippen LogP contribution in [0, 0.1) is 0 Å². The number of aromatic nitrogens is 2. The molecule has 3 rings (SSSR count). The van der Waals surface area contributed by atoms with E-state index in [-0.39, 0.29) is 30.3 Å². The minimum Gasteiger partial charge on any atom is -0.336 e. The minimum absolute atomic E-state index is 0.0258. The van der Waals surface area contributed by atoms with Crippen molar-refractivity contribution in [2.24, 2.45) is 0 Å². The van der Waals surface area contributed by atoms with Gasteiger partial charge in [-0.05, 0) is 30.3 Å². The number of benzene rings is 2. The highest BCUT2D eigenvalue weighted by Gasteiger charge is 2.16. The topological polar surface area (TPSA) is 95.2 Å². The van der Waals surface area contributed by atoms with E-state index in [1.54, 1.807) is 48.5 Å². The van der Waals surface area contributed by atoms with E-state index in [1.807, 2.05) is 0 Å². The van der Waals surface area contributed by atoms with Gasteiger partial charge in [0.15, 0.2) is 0 Å². The van der Waals surface area contributed by atoms with Crippen molar-refractivity contribution in [3.8, 4) is 0 Å². The molecule has 0 spiro atoms. The number of nitrogens with one attached hydrogen (secondary N) is 2. The van der Waals surface area contributed by atoms with E-state index in [2.05, 4.69) is 15.5 Å². The molecule has 2 aromatic carbocycles. The van der Waals surface area contributed by atoms with Crippen LogP contribution < -0.4 is 10.9 Å². The van der Waals surface area contributed by atoms with Gasteiger partial charge in [-0.3, -0.25) is 14.4 Å². The average Bonchev–Trinajstić information content (AvgIpc) is 2.66. The van der Waals surface area contributed by atoms with Gasteiger partial charge in [-0.2, -0.15) is 5.10 Å². The Morgan fingerprint density at radius 3 is 2.48 bits per heavy atom. The van der Waals surface area contributed by atoms with Crippen molar-refractivity contribution < 1.29 is 9.59 Å². The van der Waals surface area contributed by atoms with E-state index in [1.165, 1.54) is 11.9 Å². The maximum Gasteiger partial charge on any atom is 0.272 e. The summed E-state index contributed by atoms with van der Waals surface area (Å²) in [6.45, 7) is -0.108. The molecule has 3 aromatic rings. The molecule has 2 amide bonds. The molecule has 8 heteroatoms. The highest BCUT2D eigenvalue weighted by Crippen LogP contribution is 2.14. The molecule has 1 aromatic heterocycles. The summed E-state index contributed by atoms with van der Waals surface area (Å²) in [6.07, 6.45) is -0.0258. The van der Waals surface area contributed by atoms with Gasteiger partial charge in [0, 0.05) is 23.1 Å². The summed E-state index contributed by atoms with van der Waals surface area (Å²) in [4.78, 5) is 37.7. The summed E-state index contributed by atoms with van der Waals surface area (Å²) in [5, 5.41) is 10.7. The smallest absolute Gasteiger partial charge is 0.272 e. The lowest BCUT2D eigenvalue weighted by molar-refractivity contribution is -0.132. The summed E-state index contributed by atoms with van der Waals surface area (Å²) in [5.41, 5.74) is 0.746. The van der Waals surface area contributed by atoms with Crippen LogP contribution >= 0.6 is 11.6 Å². The van der Waals surface area contributed by atoms with Gasteiger partial charge in [0.1, 0.15) is 0 Å².